The first-order valence-electron chi connectivity index (χ1n) is 9.16. The lowest BCUT2D eigenvalue weighted by atomic mass is 9.94. The molecule has 0 saturated carbocycles. The van der Waals surface area contributed by atoms with Crippen LogP contribution in [0.25, 0.3) is 11.1 Å². The topological polar surface area (TPSA) is 64.6 Å². The first-order valence-corrected chi connectivity index (χ1v) is 11.0. The van der Waals surface area contributed by atoms with Crippen molar-refractivity contribution in [1.82, 2.24) is 4.72 Å². The van der Waals surface area contributed by atoms with Crippen molar-refractivity contribution in [3.8, 4) is 16.9 Å². The minimum atomic E-state index is -3.14. The molecule has 0 amide bonds. The van der Waals surface area contributed by atoms with Gasteiger partial charge in [-0.25, -0.2) is 13.1 Å². The second kappa shape index (κ2) is 9.88. The van der Waals surface area contributed by atoms with Gasteiger partial charge in [0.25, 0.3) is 0 Å². The predicted molar refractivity (Wildman–Crippen MR) is 110 cm³/mol. The molecule has 2 aromatic carbocycles. The van der Waals surface area contributed by atoms with Gasteiger partial charge in [0.15, 0.2) is 0 Å². The van der Waals surface area contributed by atoms with E-state index < -0.39 is 10.0 Å². The van der Waals surface area contributed by atoms with Gasteiger partial charge in [-0.1, -0.05) is 18.2 Å². The molecule has 0 spiro atoms. The number of rotatable bonds is 10. The Bertz CT molecular complexity index is 839. The normalized spacial score (nSPS) is 11.6. The molecule has 148 valence electrons. The molecule has 0 aliphatic rings. The van der Waals surface area contributed by atoms with Crippen molar-refractivity contribution in [1.29, 1.82) is 0 Å². The summed E-state index contributed by atoms with van der Waals surface area (Å²) in [5.41, 5.74) is 5.83. The summed E-state index contributed by atoms with van der Waals surface area (Å²) >= 11 is 0. The SMILES string of the molecule is CCOCc1cccc(-c2c(C)cc(OCCCNS(C)(=O)=O)cc2C)c1. The van der Waals surface area contributed by atoms with E-state index in [1.165, 1.54) is 11.1 Å². The molecule has 0 unspecified atom stereocenters. The van der Waals surface area contributed by atoms with Crippen LogP contribution in [-0.2, 0) is 21.4 Å². The van der Waals surface area contributed by atoms with E-state index in [1.54, 1.807) is 0 Å². The van der Waals surface area contributed by atoms with E-state index in [1.807, 2.05) is 19.1 Å². The molecule has 0 bridgehead atoms. The van der Waals surface area contributed by atoms with Gasteiger partial charge in [-0.3, -0.25) is 0 Å². The summed E-state index contributed by atoms with van der Waals surface area (Å²) < 4.78 is 35.9. The summed E-state index contributed by atoms with van der Waals surface area (Å²) in [6, 6.07) is 12.5. The quantitative estimate of drug-likeness (QED) is 0.625. The van der Waals surface area contributed by atoms with Crippen molar-refractivity contribution in [3.05, 3.63) is 53.1 Å². The molecule has 5 nitrogen and oxygen atoms in total. The number of hydrogen-bond acceptors (Lipinski definition) is 4. The Morgan fingerprint density at radius 3 is 2.41 bits per heavy atom. The van der Waals surface area contributed by atoms with E-state index in [-0.39, 0.29) is 0 Å². The van der Waals surface area contributed by atoms with Gasteiger partial charge < -0.3 is 9.47 Å². The Kier molecular flexibility index (Phi) is 7.83. The summed E-state index contributed by atoms with van der Waals surface area (Å²) in [6.45, 7) is 8.31. The lowest BCUT2D eigenvalue weighted by Gasteiger charge is -2.15. The fraction of sp³-hybridized carbons (Fsp3) is 0.429. The average molecular weight is 392 g/mol. The van der Waals surface area contributed by atoms with E-state index in [2.05, 4.69) is 42.8 Å². The first kappa shape index (κ1) is 21.4. The molecule has 0 radical (unpaired) electrons. The maximum atomic E-state index is 11.0. The monoisotopic (exact) mass is 391 g/mol. The van der Waals surface area contributed by atoms with Gasteiger partial charge in [0.2, 0.25) is 10.0 Å². The lowest BCUT2D eigenvalue weighted by Crippen LogP contribution is -2.24. The van der Waals surface area contributed by atoms with Crippen LogP contribution in [0.5, 0.6) is 5.75 Å². The fourth-order valence-electron chi connectivity index (χ4n) is 3.02. The Balaban J connectivity index is 2.06. The van der Waals surface area contributed by atoms with Gasteiger partial charge >= 0.3 is 0 Å². The maximum Gasteiger partial charge on any atom is 0.208 e. The molecule has 0 aliphatic heterocycles. The third kappa shape index (κ3) is 6.97. The summed E-state index contributed by atoms with van der Waals surface area (Å²) in [4.78, 5) is 0. The van der Waals surface area contributed by atoms with E-state index in [4.69, 9.17) is 9.47 Å². The van der Waals surface area contributed by atoms with Gasteiger partial charge in [-0.15, -0.1) is 0 Å². The first-order chi connectivity index (χ1) is 12.8. The highest BCUT2D eigenvalue weighted by Crippen LogP contribution is 2.31. The zero-order chi connectivity index (χ0) is 19.9. The van der Waals surface area contributed by atoms with Gasteiger partial charge in [-0.05, 0) is 73.2 Å². The molecule has 6 heteroatoms. The zero-order valence-electron chi connectivity index (χ0n) is 16.5. The minimum Gasteiger partial charge on any atom is -0.494 e. The molecule has 27 heavy (non-hydrogen) atoms. The molecular weight excluding hydrogens is 362 g/mol. The van der Waals surface area contributed by atoms with Gasteiger partial charge in [0.1, 0.15) is 5.75 Å². The van der Waals surface area contributed by atoms with Crippen LogP contribution >= 0.6 is 0 Å². The van der Waals surface area contributed by atoms with Crippen LogP contribution in [0.15, 0.2) is 36.4 Å². The van der Waals surface area contributed by atoms with Crippen LogP contribution in [-0.4, -0.2) is 34.4 Å². The number of benzene rings is 2. The summed E-state index contributed by atoms with van der Waals surface area (Å²) in [5.74, 6) is 0.804. The van der Waals surface area contributed by atoms with Gasteiger partial charge in [0.05, 0.1) is 19.5 Å². The molecule has 0 aliphatic carbocycles. The second-order valence-corrected chi connectivity index (χ2v) is 8.47. The Hall–Kier alpha value is -1.89. The van der Waals surface area contributed by atoms with E-state index in [0.717, 1.165) is 28.7 Å². The summed E-state index contributed by atoms with van der Waals surface area (Å²) in [5, 5.41) is 0. The van der Waals surface area contributed by atoms with Crippen molar-refractivity contribution in [3.63, 3.8) is 0 Å². The second-order valence-electron chi connectivity index (χ2n) is 6.64. The minimum absolute atomic E-state index is 0.376. The van der Waals surface area contributed by atoms with Crippen LogP contribution in [0.4, 0.5) is 0 Å². The van der Waals surface area contributed by atoms with Crippen LogP contribution in [0.3, 0.4) is 0 Å². The summed E-state index contributed by atoms with van der Waals surface area (Å²) in [7, 11) is -3.14. The van der Waals surface area contributed by atoms with E-state index in [9.17, 15) is 8.42 Å². The van der Waals surface area contributed by atoms with E-state index >= 15 is 0 Å². The molecule has 0 saturated heterocycles. The number of ether oxygens (including phenoxy) is 2. The van der Waals surface area contributed by atoms with Crippen LogP contribution in [0.1, 0.15) is 30.0 Å². The van der Waals surface area contributed by atoms with Gasteiger partial charge in [-0.2, -0.15) is 0 Å². The smallest absolute Gasteiger partial charge is 0.208 e. The van der Waals surface area contributed by atoms with Crippen molar-refractivity contribution in [2.24, 2.45) is 0 Å². The zero-order valence-corrected chi connectivity index (χ0v) is 17.4. The Morgan fingerprint density at radius 2 is 1.78 bits per heavy atom. The fourth-order valence-corrected chi connectivity index (χ4v) is 3.53. The number of nitrogens with one attached hydrogen (secondary N) is 1. The Labute approximate surface area is 162 Å². The molecule has 0 heterocycles. The van der Waals surface area contributed by atoms with Crippen LogP contribution in [0.2, 0.25) is 0 Å². The van der Waals surface area contributed by atoms with Crippen molar-refractivity contribution in [2.45, 2.75) is 33.8 Å². The van der Waals surface area contributed by atoms with Crippen LogP contribution < -0.4 is 9.46 Å². The molecule has 0 aromatic heterocycles. The third-order valence-corrected chi connectivity index (χ3v) is 4.88. The largest absolute Gasteiger partial charge is 0.494 e. The van der Waals surface area contributed by atoms with Crippen molar-refractivity contribution >= 4 is 10.0 Å². The molecule has 0 atom stereocenters. The molecule has 2 rings (SSSR count). The number of sulfonamides is 1. The average Bonchev–Trinajstić information content (AvgIpc) is 2.58. The predicted octanol–water partition coefficient (Wildman–Crippen LogP) is 3.83. The Morgan fingerprint density at radius 1 is 1.07 bits per heavy atom. The number of aryl methyl sites for hydroxylation is 2. The molecule has 2 aromatic rings. The standard InChI is InChI=1S/C21H29NO4S/c1-5-25-15-18-8-6-9-19(14-18)21-16(2)12-20(13-17(21)3)26-11-7-10-22-27(4,23)24/h6,8-9,12-14,22H,5,7,10-11,15H2,1-4H3. The lowest BCUT2D eigenvalue weighted by molar-refractivity contribution is 0.134. The van der Waals surface area contributed by atoms with E-state index in [0.29, 0.717) is 32.8 Å². The third-order valence-electron chi connectivity index (χ3n) is 4.15. The van der Waals surface area contributed by atoms with Gasteiger partial charge in [0, 0.05) is 13.2 Å². The summed E-state index contributed by atoms with van der Waals surface area (Å²) in [6.07, 6.45) is 1.77. The molecular formula is C21H29NO4S. The highest BCUT2D eigenvalue weighted by molar-refractivity contribution is 7.88. The van der Waals surface area contributed by atoms with Crippen LogP contribution in [0, 0.1) is 13.8 Å². The maximum absolute atomic E-state index is 11.0. The van der Waals surface area contributed by atoms with Crippen molar-refractivity contribution < 1.29 is 17.9 Å². The highest BCUT2D eigenvalue weighted by Gasteiger charge is 2.09. The van der Waals surface area contributed by atoms with Crippen molar-refractivity contribution in [2.75, 3.05) is 26.0 Å². The molecule has 1 N–H and O–H groups in total. The highest BCUT2D eigenvalue weighted by atomic mass is 32.2. The number of hydrogen-bond donors (Lipinski definition) is 1. The molecule has 0 fully saturated rings.